The van der Waals surface area contributed by atoms with Crippen LogP contribution in [0.5, 0.6) is 0 Å². The SMILES string of the molecule is O=P([O-])([O-])OP(=O)([O-])OP(=O)([O-])[O-].[Mn+5]. The molecule has 0 amide bonds. The molecule has 0 aromatic heterocycles. The molecule has 0 rings (SSSR count). The maximum absolute atomic E-state index is 10.1. The van der Waals surface area contributed by atoms with Gasteiger partial charge in [0.25, 0.3) is 7.82 Å². The Morgan fingerprint density at radius 1 is 0.714 bits per heavy atom. The fourth-order valence-electron chi connectivity index (χ4n) is 0.260. The van der Waals surface area contributed by atoms with Crippen molar-refractivity contribution in [1.29, 1.82) is 0 Å². The van der Waals surface area contributed by atoms with Crippen LogP contribution in [0, 0.1) is 0 Å². The monoisotopic (exact) mass is 308 g/mol. The van der Waals surface area contributed by atoms with Crippen molar-refractivity contribution in [3.05, 3.63) is 0 Å². The van der Waals surface area contributed by atoms with E-state index < -0.39 is 23.5 Å². The molecule has 0 atom stereocenters. The van der Waals surface area contributed by atoms with Crippen LogP contribution in [0.25, 0.3) is 0 Å². The zero-order valence-electron chi connectivity index (χ0n) is 5.80. The fraction of sp³-hybridized carbons (Fsp3) is 0. The van der Waals surface area contributed by atoms with Gasteiger partial charge in [-0.3, -0.25) is 13.2 Å². The Morgan fingerprint density at radius 2 is 0.929 bits per heavy atom. The van der Waals surface area contributed by atoms with Gasteiger partial charge in [-0.1, -0.05) is 0 Å². The number of phosphoric acid groups is 3. The summed E-state index contributed by atoms with van der Waals surface area (Å²) in [5, 5.41) is 0. The van der Waals surface area contributed by atoms with Crippen LogP contribution in [0.4, 0.5) is 0 Å². The predicted molar refractivity (Wildman–Crippen MR) is 25.0 cm³/mol. The fourth-order valence-corrected chi connectivity index (χ4v) is 2.61. The minimum Gasteiger partial charge on any atom is -0.790 e. The van der Waals surface area contributed by atoms with Gasteiger partial charge >= 0.3 is 17.1 Å². The molecule has 0 spiro atoms. The average Bonchev–Trinajstić information content (AvgIpc) is 1.43. The van der Waals surface area contributed by atoms with Crippen molar-refractivity contribution in [3.8, 4) is 0 Å². The van der Waals surface area contributed by atoms with Crippen LogP contribution in [0.2, 0.25) is 0 Å². The summed E-state index contributed by atoms with van der Waals surface area (Å²) in [6.45, 7) is 0. The average molecular weight is 308 g/mol. The molecule has 0 heterocycles. The van der Waals surface area contributed by atoms with E-state index >= 15 is 0 Å². The third-order valence-electron chi connectivity index (χ3n) is 0.400. The van der Waals surface area contributed by atoms with Gasteiger partial charge < -0.3 is 33.6 Å². The first-order valence-electron chi connectivity index (χ1n) is 2.19. The van der Waals surface area contributed by atoms with Gasteiger partial charge in [-0.15, -0.1) is 0 Å². The molecule has 14 heteroatoms. The van der Waals surface area contributed by atoms with E-state index in [0.29, 0.717) is 0 Å². The molecule has 0 aliphatic rings. The molecule has 0 unspecified atom stereocenters. The van der Waals surface area contributed by atoms with Crippen LogP contribution in [0.3, 0.4) is 0 Å². The van der Waals surface area contributed by atoms with E-state index in [1.165, 1.54) is 0 Å². The molecule has 0 saturated carbocycles. The number of hydrogen-bond donors (Lipinski definition) is 0. The van der Waals surface area contributed by atoms with Gasteiger partial charge in [0, 0.05) is 0 Å². The second-order valence-corrected chi connectivity index (χ2v) is 5.49. The van der Waals surface area contributed by atoms with Crippen LogP contribution < -0.4 is 24.5 Å². The van der Waals surface area contributed by atoms with Crippen molar-refractivity contribution < 1.29 is 63.9 Å². The second kappa shape index (κ2) is 5.32. The topological polar surface area (TPSA) is 185 Å². The van der Waals surface area contributed by atoms with Crippen LogP contribution in [-0.4, -0.2) is 0 Å². The summed E-state index contributed by atoms with van der Waals surface area (Å²) >= 11 is 0. The maximum atomic E-state index is 10.1. The van der Waals surface area contributed by atoms with Gasteiger partial charge in [-0.05, 0) is 0 Å². The zero-order chi connectivity index (χ0) is 10.9. The van der Waals surface area contributed by atoms with Gasteiger partial charge in [0.15, 0.2) is 0 Å². The second-order valence-electron chi connectivity index (χ2n) is 1.50. The maximum Gasteiger partial charge on any atom is 5.00 e. The quantitative estimate of drug-likeness (QED) is 0.367. The molecule has 0 aromatic carbocycles. The molecule has 0 aliphatic heterocycles. The molecular formula is MnO10P3. The molecule has 82 valence electrons. The summed E-state index contributed by atoms with van der Waals surface area (Å²) in [5.74, 6) is 0. The molecule has 0 aliphatic carbocycles. The van der Waals surface area contributed by atoms with Crippen LogP contribution >= 0.6 is 23.5 Å². The molecule has 0 fully saturated rings. The first kappa shape index (κ1) is 17.3. The van der Waals surface area contributed by atoms with E-state index in [9.17, 15) is 38.2 Å². The minimum absolute atomic E-state index is 0. The smallest absolute Gasteiger partial charge is 0.790 e. The van der Waals surface area contributed by atoms with Crippen molar-refractivity contribution in [2.75, 3.05) is 0 Å². The standard InChI is InChI=1S/Mn.H5O10P3/c;1-11(2,3)9-13(7,8)10-12(4,5)6/h;(H,7,8)(H2,1,2,3)(H2,4,5,6)/q+5;/p-5. The van der Waals surface area contributed by atoms with E-state index in [1.807, 2.05) is 0 Å². The van der Waals surface area contributed by atoms with Crippen molar-refractivity contribution in [2.24, 2.45) is 0 Å². The normalized spacial score (nSPS) is 13.5. The van der Waals surface area contributed by atoms with Crippen LogP contribution in [0.15, 0.2) is 0 Å². The van der Waals surface area contributed by atoms with Gasteiger partial charge in [0.2, 0.25) is 0 Å². The molecule has 0 bridgehead atoms. The summed E-state index contributed by atoms with van der Waals surface area (Å²) in [7, 11) is -17.9. The summed E-state index contributed by atoms with van der Waals surface area (Å²) in [4.78, 5) is 48.6. The van der Waals surface area contributed by atoms with Crippen LogP contribution in [-0.2, 0) is 39.4 Å². The number of rotatable bonds is 4. The summed E-state index contributed by atoms with van der Waals surface area (Å²) in [6.07, 6.45) is 0. The molecule has 10 nitrogen and oxygen atoms in total. The zero-order valence-corrected chi connectivity index (χ0v) is 9.67. The first-order valence-corrected chi connectivity index (χ1v) is 6.57. The van der Waals surface area contributed by atoms with E-state index in [1.54, 1.807) is 0 Å². The molecule has 14 heavy (non-hydrogen) atoms. The van der Waals surface area contributed by atoms with Crippen LogP contribution in [0.1, 0.15) is 0 Å². The molecule has 0 radical (unpaired) electrons. The van der Waals surface area contributed by atoms with Gasteiger partial charge in [-0.25, -0.2) is 0 Å². The molecular weight excluding hydrogens is 308 g/mol. The Balaban J connectivity index is 0. The third kappa shape index (κ3) is 11.0. The Bertz CT molecular complexity index is 277. The van der Waals surface area contributed by atoms with Crippen molar-refractivity contribution in [1.82, 2.24) is 0 Å². The molecule has 0 N–H and O–H groups in total. The van der Waals surface area contributed by atoms with Crippen molar-refractivity contribution >= 4 is 23.5 Å². The third-order valence-corrected chi connectivity index (χ3v) is 3.60. The Morgan fingerprint density at radius 3 is 1.07 bits per heavy atom. The predicted octanol–water partition coefficient (Wildman–Crippen LogP) is -3.86. The minimum atomic E-state index is -5.97. The van der Waals surface area contributed by atoms with Gasteiger partial charge in [0.05, 0.1) is 15.6 Å². The van der Waals surface area contributed by atoms with E-state index in [-0.39, 0.29) is 17.1 Å². The van der Waals surface area contributed by atoms with E-state index in [2.05, 4.69) is 8.62 Å². The summed E-state index contributed by atoms with van der Waals surface area (Å²) in [5.41, 5.74) is 0. The first-order chi connectivity index (χ1) is 5.41. The van der Waals surface area contributed by atoms with Crippen molar-refractivity contribution in [3.63, 3.8) is 0 Å². The summed E-state index contributed by atoms with van der Waals surface area (Å²) < 4.78 is 34.7. The summed E-state index contributed by atoms with van der Waals surface area (Å²) in [6, 6.07) is 0. The Hall–Kier alpha value is 0.929. The van der Waals surface area contributed by atoms with E-state index in [0.717, 1.165) is 0 Å². The van der Waals surface area contributed by atoms with Gasteiger partial charge in [-0.2, -0.15) is 0 Å². The van der Waals surface area contributed by atoms with Gasteiger partial charge in [0.1, 0.15) is 0 Å². The number of hydrogen-bond acceptors (Lipinski definition) is 10. The Labute approximate surface area is 87.8 Å². The largest absolute Gasteiger partial charge is 5.00 e. The Kier molecular flexibility index (Phi) is 6.58. The molecule has 0 aromatic rings. The van der Waals surface area contributed by atoms with E-state index in [4.69, 9.17) is 0 Å². The molecule has 0 saturated heterocycles. The van der Waals surface area contributed by atoms with Crippen molar-refractivity contribution in [2.45, 2.75) is 0 Å².